The van der Waals surface area contributed by atoms with Crippen LogP contribution in [-0.4, -0.2) is 40.5 Å². The van der Waals surface area contributed by atoms with Crippen molar-refractivity contribution < 1.29 is 9.59 Å². The molecule has 1 N–H and O–H groups in total. The molecule has 4 nitrogen and oxygen atoms in total. The summed E-state index contributed by atoms with van der Waals surface area (Å²) in [6.07, 6.45) is 3.65. The van der Waals surface area contributed by atoms with Crippen molar-refractivity contribution in [3.05, 3.63) is 23.5 Å². The Labute approximate surface area is 98.6 Å². The zero-order chi connectivity index (χ0) is 11.5. The highest BCUT2D eigenvalue weighted by Crippen LogP contribution is 2.13. The summed E-state index contributed by atoms with van der Waals surface area (Å²) in [6.45, 7) is 1.60. The van der Waals surface area contributed by atoms with Crippen molar-refractivity contribution in [3.63, 3.8) is 0 Å². The van der Waals surface area contributed by atoms with Crippen molar-refractivity contribution in [2.45, 2.75) is 12.8 Å². The molecule has 5 heteroatoms. The van der Waals surface area contributed by atoms with Gasteiger partial charge in [-0.2, -0.15) is 0 Å². The highest BCUT2D eigenvalue weighted by molar-refractivity contribution is 6.30. The van der Waals surface area contributed by atoms with Gasteiger partial charge in [-0.25, -0.2) is 0 Å². The molecule has 1 saturated heterocycles. The average molecular weight is 241 g/mol. The molecule has 0 radical (unpaired) electrons. The molecule has 2 heterocycles. The summed E-state index contributed by atoms with van der Waals surface area (Å²) in [7, 11) is 0. The van der Waals surface area contributed by atoms with Crippen LogP contribution >= 0.6 is 11.6 Å². The van der Waals surface area contributed by atoms with Gasteiger partial charge in [-0.15, -0.1) is 11.6 Å². The van der Waals surface area contributed by atoms with Gasteiger partial charge in [-0.05, 0) is 18.9 Å². The molecule has 0 atom stereocenters. The average Bonchev–Trinajstić information content (AvgIpc) is 2.97. The quantitative estimate of drug-likeness (QED) is 0.646. The fraction of sp³-hybridized carbons (Fsp3) is 0.455. The molecule has 1 amide bonds. The van der Waals surface area contributed by atoms with Crippen LogP contribution in [0.3, 0.4) is 0 Å². The number of nitrogens with zero attached hydrogens (tertiary/aromatic N) is 1. The second kappa shape index (κ2) is 4.70. The predicted octanol–water partition coefficient (Wildman–Crippen LogP) is 1.67. The Morgan fingerprint density at radius 3 is 2.69 bits per heavy atom. The molecule has 0 unspecified atom stereocenters. The van der Waals surface area contributed by atoms with Crippen LogP contribution in [0.5, 0.6) is 0 Å². The van der Waals surface area contributed by atoms with E-state index in [4.69, 9.17) is 11.6 Å². The largest absolute Gasteiger partial charge is 0.356 e. The number of Topliss-reactive ketones (excluding diaryl/α,β-unsaturated/α-hetero) is 1. The van der Waals surface area contributed by atoms with Gasteiger partial charge in [0.15, 0.2) is 5.78 Å². The van der Waals surface area contributed by atoms with Gasteiger partial charge in [0.05, 0.1) is 5.88 Å². The lowest BCUT2D eigenvalue weighted by molar-refractivity contribution is 0.0787. The van der Waals surface area contributed by atoms with E-state index in [9.17, 15) is 9.59 Å². The fourth-order valence-corrected chi connectivity index (χ4v) is 2.00. The van der Waals surface area contributed by atoms with Crippen LogP contribution in [0.4, 0.5) is 0 Å². The van der Waals surface area contributed by atoms with Crippen LogP contribution in [-0.2, 0) is 0 Å². The Bertz CT molecular complexity index is 408. The van der Waals surface area contributed by atoms with Crippen LogP contribution in [0.25, 0.3) is 0 Å². The number of hydrogen-bond acceptors (Lipinski definition) is 2. The van der Waals surface area contributed by atoms with Gasteiger partial charge in [-0.1, -0.05) is 0 Å². The minimum Gasteiger partial charge on any atom is -0.356 e. The van der Waals surface area contributed by atoms with Crippen molar-refractivity contribution in [1.29, 1.82) is 0 Å². The van der Waals surface area contributed by atoms with Crippen molar-refractivity contribution >= 4 is 23.3 Å². The molecule has 0 spiro atoms. The maximum Gasteiger partial charge on any atom is 0.270 e. The number of carbonyl (C=O) groups excluding carboxylic acids is 2. The number of aromatic nitrogens is 1. The fourth-order valence-electron chi connectivity index (χ4n) is 1.85. The van der Waals surface area contributed by atoms with Gasteiger partial charge in [0.1, 0.15) is 5.69 Å². The van der Waals surface area contributed by atoms with Gasteiger partial charge in [0, 0.05) is 24.8 Å². The normalized spacial score (nSPS) is 15.4. The van der Waals surface area contributed by atoms with E-state index in [0.717, 1.165) is 25.9 Å². The molecule has 0 aliphatic carbocycles. The first kappa shape index (κ1) is 11.2. The Morgan fingerprint density at radius 2 is 2.06 bits per heavy atom. The molecule has 1 aliphatic heterocycles. The van der Waals surface area contributed by atoms with E-state index in [2.05, 4.69) is 4.98 Å². The molecule has 0 saturated carbocycles. The molecule has 16 heavy (non-hydrogen) atoms. The number of alkyl halides is 1. The van der Waals surface area contributed by atoms with E-state index in [1.54, 1.807) is 11.0 Å². The molecule has 1 aliphatic rings. The monoisotopic (exact) mass is 240 g/mol. The Morgan fingerprint density at radius 1 is 1.38 bits per heavy atom. The van der Waals surface area contributed by atoms with Crippen LogP contribution in [0, 0.1) is 0 Å². The number of amides is 1. The molecule has 0 aromatic carbocycles. The van der Waals surface area contributed by atoms with Crippen molar-refractivity contribution in [2.24, 2.45) is 0 Å². The van der Waals surface area contributed by atoms with Gasteiger partial charge in [0.25, 0.3) is 5.91 Å². The van der Waals surface area contributed by atoms with Crippen LogP contribution in [0.15, 0.2) is 12.3 Å². The van der Waals surface area contributed by atoms with E-state index < -0.39 is 0 Å². The summed E-state index contributed by atoms with van der Waals surface area (Å²) in [5, 5.41) is 0. The van der Waals surface area contributed by atoms with E-state index in [-0.39, 0.29) is 17.6 Å². The van der Waals surface area contributed by atoms with Gasteiger partial charge in [-0.3, -0.25) is 9.59 Å². The van der Waals surface area contributed by atoms with E-state index >= 15 is 0 Å². The summed E-state index contributed by atoms with van der Waals surface area (Å²) >= 11 is 5.44. The van der Waals surface area contributed by atoms with E-state index in [1.807, 2.05) is 0 Å². The van der Waals surface area contributed by atoms with E-state index in [1.165, 1.54) is 6.20 Å². The number of rotatable bonds is 3. The number of carbonyl (C=O) groups is 2. The number of hydrogen-bond donors (Lipinski definition) is 1. The summed E-state index contributed by atoms with van der Waals surface area (Å²) in [5.41, 5.74) is 0.938. The number of ketones is 1. The minimum absolute atomic E-state index is 0.0360. The number of aromatic amines is 1. The Hall–Kier alpha value is -1.29. The van der Waals surface area contributed by atoms with Crippen molar-refractivity contribution in [2.75, 3.05) is 19.0 Å². The lowest BCUT2D eigenvalue weighted by Crippen LogP contribution is -2.27. The van der Waals surface area contributed by atoms with Crippen LogP contribution in [0.1, 0.15) is 33.7 Å². The standard InChI is InChI=1S/C11H13ClN2O2/c12-6-10(15)8-5-9(13-7-8)11(16)14-3-1-2-4-14/h5,7,13H,1-4,6H2. The lowest BCUT2D eigenvalue weighted by Gasteiger charge is -2.13. The number of nitrogens with one attached hydrogen (secondary N) is 1. The van der Waals surface area contributed by atoms with Crippen LogP contribution in [0.2, 0.25) is 0 Å². The summed E-state index contributed by atoms with van der Waals surface area (Å²) < 4.78 is 0. The first-order valence-corrected chi connectivity index (χ1v) is 5.82. The minimum atomic E-state index is -0.168. The zero-order valence-corrected chi connectivity index (χ0v) is 9.59. The molecule has 1 aromatic heterocycles. The van der Waals surface area contributed by atoms with Gasteiger partial charge >= 0.3 is 0 Å². The molecule has 0 bridgehead atoms. The van der Waals surface area contributed by atoms with Crippen LogP contribution < -0.4 is 0 Å². The second-order valence-corrected chi connectivity index (χ2v) is 4.13. The number of likely N-dealkylation sites (tertiary alicyclic amines) is 1. The number of H-pyrrole nitrogens is 1. The predicted molar refractivity (Wildman–Crippen MR) is 61.0 cm³/mol. The van der Waals surface area contributed by atoms with Crippen molar-refractivity contribution in [3.8, 4) is 0 Å². The Balaban J connectivity index is 2.11. The first-order valence-electron chi connectivity index (χ1n) is 5.29. The van der Waals surface area contributed by atoms with Gasteiger partial charge < -0.3 is 9.88 Å². The molecular formula is C11H13ClN2O2. The lowest BCUT2D eigenvalue weighted by atomic mass is 10.2. The summed E-state index contributed by atoms with van der Waals surface area (Å²) in [4.78, 5) is 27.8. The third kappa shape index (κ3) is 2.11. The highest BCUT2D eigenvalue weighted by atomic mass is 35.5. The van der Waals surface area contributed by atoms with E-state index in [0.29, 0.717) is 11.3 Å². The SMILES string of the molecule is O=C(CCl)c1c[nH]c(C(=O)N2CCCC2)c1. The summed E-state index contributed by atoms with van der Waals surface area (Å²) in [5.74, 6) is -0.264. The zero-order valence-electron chi connectivity index (χ0n) is 8.83. The maximum absolute atomic E-state index is 11.9. The third-order valence-corrected chi connectivity index (χ3v) is 2.99. The third-order valence-electron chi connectivity index (χ3n) is 2.75. The summed E-state index contributed by atoms with van der Waals surface area (Å²) in [6, 6.07) is 1.57. The smallest absolute Gasteiger partial charge is 0.270 e. The van der Waals surface area contributed by atoms with Crippen molar-refractivity contribution in [1.82, 2.24) is 9.88 Å². The molecule has 86 valence electrons. The Kier molecular flexibility index (Phi) is 3.29. The molecule has 1 aromatic rings. The highest BCUT2D eigenvalue weighted by Gasteiger charge is 2.21. The topological polar surface area (TPSA) is 53.2 Å². The molecular weight excluding hydrogens is 228 g/mol. The number of halogens is 1. The second-order valence-electron chi connectivity index (χ2n) is 3.86. The maximum atomic E-state index is 11.9. The molecule has 1 fully saturated rings. The molecule has 2 rings (SSSR count). The van der Waals surface area contributed by atoms with Gasteiger partial charge in [0.2, 0.25) is 0 Å². The first-order chi connectivity index (χ1) is 7.72.